The van der Waals surface area contributed by atoms with Gasteiger partial charge < -0.3 is 14.9 Å². The first-order valence-corrected chi connectivity index (χ1v) is 4.83. The van der Waals surface area contributed by atoms with Crippen LogP contribution in [0.15, 0.2) is 21.2 Å². The molecule has 0 fully saturated rings. The first kappa shape index (κ1) is 12.5. The van der Waals surface area contributed by atoms with E-state index >= 15 is 0 Å². The van der Waals surface area contributed by atoms with E-state index in [2.05, 4.69) is 20.7 Å². The molecule has 1 atom stereocenters. The molecule has 0 aromatic carbocycles. The molecule has 0 saturated carbocycles. The van der Waals surface area contributed by atoms with E-state index < -0.39 is 18.8 Å². The molecule has 1 aromatic rings. The second-order valence-electron chi connectivity index (χ2n) is 2.88. The number of halogens is 4. The van der Waals surface area contributed by atoms with Crippen molar-refractivity contribution in [2.45, 2.75) is 12.2 Å². The van der Waals surface area contributed by atoms with Crippen molar-refractivity contribution in [2.75, 3.05) is 13.2 Å². The normalized spacial score (nSPS) is 14.2. The minimum atomic E-state index is -4.33. The van der Waals surface area contributed by atoms with E-state index in [1.54, 1.807) is 12.1 Å². The Morgan fingerprint density at radius 3 is 2.60 bits per heavy atom. The summed E-state index contributed by atoms with van der Waals surface area (Å²) in [5.74, 6) is 0.379. The minimum absolute atomic E-state index is 0.237. The predicted octanol–water partition coefficient (Wildman–Crippen LogP) is 2.62. The fourth-order valence-corrected chi connectivity index (χ4v) is 1.23. The predicted molar refractivity (Wildman–Crippen MR) is 50.2 cm³/mol. The molecule has 0 aliphatic heterocycles. The summed E-state index contributed by atoms with van der Waals surface area (Å²) in [4.78, 5) is 0. The maximum Gasteiger partial charge on any atom is 0.411 e. The third-order valence-electron chi connectivity index (χ3n) is 1.52. The van der Waals surface area contributed by atoms with Gasteiger partial charge >= 0.3 is 6.18 Å². The average molecular weight is 288 g/mol. The Morgan fingerprint density at radius 1 is 1.47 bits per heavy atom. The van der Waals surface area contributed by atoms with E-state index in [1.165, 1.54) is 0 Å². The Balaban J connectivity index is 2.34. The molecule has 0 spiro atoms. The summed E-state index contributed by atoms with van der Waals surface area (Å²) in [5, 5.41) is 0. The number of alkyl halides is 3. The lowest BCUT2D eigenvalue weighted by Crippen LogP contribution is -2.22. The Bertz CT molecular complexity index is 313. The van der Waals surface area contributed by atoms with Gasteiger partial charge in [-0.3, -0.25) is 0 Å². The molecule has 86 valence electrons. The Morgan fingerprint density at radius 2 is 2.13 bits per heavy atom. The first-order chi connectivity index (χ1) is 6.88. The van der Waals surface area contributed by atoms with Crippen molar-refractivity contribution in [3.63, 3.8) is 0 Å². The van der Waals surface area contributed by atoms with E-state index in [9.17, 15) is 13.2 Å². The number of ether oxygens (including phenoxy) is 1. The number of nitrogens with two attached hydrogens (primary N) is 1. The molecule has 2 N–H and O–H groups in total. The molecule has 0 saturated heterocycles. The second kappa shape index (κ2) is 5.00. The van der Waals surface area contributed by atoms with Crippen LogP contribution in [-0.2, 0) is 4.74 Å². The number of hydrogen-bond donors (Lipinski definition) is 1. The monoisotopic (exact) mass is 287 g/mol. The van der Waals surface area contributed by atoms with Gasteiger partial charge in [-0.15, -0.1) is 0 Å². The first-order valence-electron chi connectivity index (χ1n) is 4.04. The van der Waals surface area contributed by atoms with Gasteiger partial charge in [0, 0.05) is 0 Å². The van der Waals surface area contributed by atoms with E-state index in [1.807, 2.05) is 0 Å². The molecule has 0 bridgehead atoms. The number of rotatable bonds is 4. The summed E-state index contributed by atoms with van der Waals surface area (Å²) in [6.07, 6.45) is -4.33. The van der Waals surface area contributed by atoms with Crippen LogP contribution in [0.4, 0.5) is 13.2 Å². The van der Waals surface area contributed by atoms with Gasteiger partial charge in [-0.2, -0.15) is 13.2 Å². The van der Waals surface area contributed by atoms with E-state index in [4.69, 9.17) is 10.2 Å². The molecule has 1 rings (SSSR count). The van der Waals surface area contributed by atoms with E-state index in [0.29, 0.717) is 10.4 Å². The van der Waals surface area contributed by atoms with Crippen molar-refractivity contribution in [3.05, 3.63) is 22.6 Å². The van der Waals surface area contributed by atoms with Gasteiger partial charge in [0.05, 0.1) is 12.6 Å². The molecule has 0 aliphatic carbocycles. The Labute approximate surface area is 92.5 Å². The molecule has 1 unspecified atom stereocenters. The SMILES string of the molecule is NC(COCC(F)(F)F)c1ccc(Br)o1. The van der Waals surface area contributed by atoms with Gasteiger partial charge in [0.15, 0.2) is 4.67 Å². The van der Waals surface area contributed by atoms with Crippen molar-refractivity contribution < 1.29 is 22.3 Å². The van der Waals surface area contributed by atoms with Gasteiger partial charge in [-0.25, -0.2) is 0 Å². The highest BCUT2D eigenvalue weighted by Gasteiger charge is 2.28. The van der Waals surface area contributed by atoms with Crippen molar-refractivity contribution in [1.29, 1.82) is 0 Å². The maximum atomic E-state index is 11.7. The van der Waals surface area contributed by atoms with E-state index in [-0.39, 0.29) is 6.61 Å². The molecule has 1 aromatic heterocycles. The van der Waals surface area contributed by atoms with Crippen molar-refractivity contribution in [3.8, 4) is 0 Å². The molecular weight excluding hydrogens is 279 g/mol. The topological polar surface area (TPSA) is 48.4 Å². The van der Waals surface area contributed by atoms with Crippen LogP contribution in [0, 0.1) is 0 Å². The molecular formula is C8H9BrF3NO2. The van der Waals surface area contributed by atoms with Crippen LogP contribution in [0.1, 0.15) is 11.8 Å². The van der Waals surface area contributed by atoms with Crippen molar-refractivity contribution in [1.82, 2.24) is 0 Å². The van der Waals surface area contributed by atoms with Gasteiger partial charge in [-0.05, 0) is 28.1 Å². The van der Waals surface area contributed by atoms with Crippen molar-refractivity contribution in [2.24, 2.45) is 5.73 Å². The molecule has 0 aliphatic rings. The third kappa shape index (κ3) is 4.67. The van der Waals surface area contributed by atoms with E-state index in [0.717, 1.165) is 0 Å². The second-order valence-corrected chi connectivity index (χ2v) is 3.66. The summed E-state index contributed by atoms with van der Waals surface area (Å²) >= 11 is 3.06. The van der Waals surface area contributed by atoms with Gasteiger partial charge in [-0.1, -0.05) is 0 Å². The summed E-state index contributed by atoms with van der Waals surface area (Å²) in [6, 6.07) is 2.49. The van der Waals surface area contributed by atoms with Crippen LogP contribution in [0.2, 0.25) is 0 Å². The molecule has 1 heterocycles. The molecule has 0 radical (unpaired) electrons. The quantitative estimate of drug-likeness (QED) is 0.926. The summed E-state index contributed by atoms with van der Waals surface area (Å²) in [5.41, 5.74) is 5.53. The highest BCUT2D eigenvalue weighted by atomic mass is 79.9. The molecule has 15 heavy (non-hydrogen) atoms. The maximum absolute atomic E-state index is 11.7. The zero-order valence-corrected chi connectivity index (χ0v) is 9.14. The van der Waals surface area contributed by atoms with Crippen LogP contribution < -0.4 is 5.73 Å². The highest BCUT2D eigenvalue weighted by Crippen LogP contribution is 2.20. The van der Waals surface area contributed by atoms with Crippen LogP contribution in [0.3, 0.4) is 0 Å². The van der Waals surface area contributed by atoms with Crippen LogP contribution in [0.25, 0.3) is 0 Å². The average Bonchev–Trinajstić information content (AvgIpc) is 2.49. The lowest BCUT2D eigenvalue weighted by Gasteiger charge is -2.11. The van der Waals surface area contributed by atoms with Crippen LogP contribution in [0.5, 0.6) is 0 Å². The third-order valence-corrected chi connectivity index (χ3v) is 1.95. The summed E-state index contributed by atoms with van der Waals surface area (Å²) < 4.78 is 45.1. The Hall–Kier alpha value is -0.530. The largest absolute Gasteiger partial charge is 0.453 e. The fourth-order valence-electron chi connectivity index (χ4n) is 0.911. The summed E-state index contributed by atoms with van der Waals surface area (Å²) in [7, 11) is 0. The number of furan rings is 1. The van der Waals surface area contributed by atoms with Crippen LogP contribution >= 0.6 is 15.9 Å². The lowest BCUT2D eigenvalue weighted by atomic mass is 10.2. The molecule has 7 heteroatoms. The standard InChI is InChI=1S/C8H9BrF3NO2/c9-7-2-1-6(15-7)5(13)3-14-4-8(10,11)12/h1-2,5H,3-4,13H2. The van der Waals surface area contributed by atoms with Crippen LogP contribution in [-0.4, -0.2) is 19.4 Å². The van der Waals surface area contributed by atoms with Gasteiger partial charge in [0.25, 0.3) is 0 Å². The minimum Gasteiger partial charge on any atom is -0.453 e. The molecule has 0 amide bonds. The lowest BCUT2D eigenvalue weighted by molar-refractivity contribution is -0.175. The smallest absolute Gasteiger partial charge is 0.411 e. The summed E-state index contributed by atoms with van der Waals surface area (Å²) in [6.45, 7) is -1.54. The number of hydrogen-bond acceptors (Lipinski definition) is 3. The van der Waals surface area contributed by atoms with Gasteiger partial charge in [0.1, 0.15) is 12.4 Å². The van der Waals surface area contributed by atoms with Crippen molar-refractivity contribution >= 4 is 15.9 Å². The fraction of sp³-hybridized carbons (Fsp3) is 0.500. The highest BCUT2D eigenvalue weighted by molar-refractivity contribution is 9.10. The zero-order chi connectivity index (χ0) is 11.5. The molecule has 3 nitrogen and oxygen atoms in total. The Kier molecular flexibility index (Phi) is 4.18. The zero-order valence-electron chi connectivity index (χ0n) is 7.55. The van der Waals surface area contributed by atoms with Gasteiger partial charge in [0.2, 0.25) is 0 Å².